The molecular formula is C19H23Cl2FN4O2S2. The van der Waals surface area contributed by atoms with E-state index in [0.29, 0.717) is 43.2 Å². The molecule has 2 aromatic rings. The Morgan fingerprint density at radius 1 is 1.30 bits per heavy atom. The number of piperidine rings is 1. The van der Waals surface area contributed by atoms with Crippen molar-refractivity contribution < 1.29 is 12.8 Å². The van der Waals surface area contributed by atoms with Crippen molar-refractivity contribution in [2.75, 3.05) is 26.2 Å². The second-order valence-corrected chi connectivity index (χ2v) is 10.7. The van der Waals surface area contributed by atoms with E-state index in [1.165, 1.54) is 17.4 Å². The van der Waals surface area contributed by atoms with Crippen LogP contribution >= 0.6 is 35.3 Å². The van der Waals surface area contributed by atoms with Crippen molar-refractivity contribution in [1.29, 1.82) is 0 Å². The zero-order valence-corrected chi connectivity index (χ0v) is 19.3. The molecule has 0 bridgehead atoms. The zero-order chi connectivity index (χ0) is 20.5. The molecule has 0 unspecified atom stereocenters. The molecule has 3 heterocycles. The van der Waals surface area contributed by atoms with Gasteiger partial charge < -0.3 is 10.6 Å². The summed E-state index contributed by atoms with van der Waals surface area (Å²) >= 11 is 7.11. The summed E-state index contributed by atoms with van der Waals surface area (Å²) in [6.45, 7) is 2.74. The number of nitrogens with one attached hydrogen (secondary N) is 2. The maximum absolute atomic E-state index is 13.4. The second-order valence-electron chi connectivity index (χ2n) is 7.18. The number of halogens is 3. The van der Waals surface area contributed by atoms with Crippen LogP contribution in [-0.2, 0) is 16.6 Å². The minimum atomic E-state index is -3.44. The van der Waals surface area contributed by atoms with E-state index < -0.39 is 15.8 Å². The van der Waals surface area contributed by atoms with Crippen LogP contribution < -0.4 is 10.6 Å². The summed E-state index contributed by atoms with van der Waals surface area (Å²) < 4.78 is 40.9. The SMILES string of the molecule is Cl.O=S(=O)(c1cccs1)N1CCC2(CC1)NCCN=C2NCc1ccc(F)c(Cl)c1. The Labute approximate surface area is 191 Å². The number of sulfonamides is 1. The number of hydrogen-bond acceptors (Lipinski definition) is 6. The van der Waals surface area contributed by atoms with E-state index in [1.54, 1.807) is 34.0 Å². The van der Waals surface area contributed by atoms with Crippen LogP contribution in [0, 0.1) is 5.82 Å². The minimum Gasteiger partial charge on any atom is -0.368 e. The van der Waals surface area contributed by atoms with Crippen LogP contribution in [0.3, 0.4) is 0 Å². The molecule has 0 radical (unpaired) electrons. The molecule has 1 aromatic carbocycles. The summed E-state index contributed by atoms with van der Waals surface area (Å²) in [5, 5.41) is 8.78. The maximum Gasteiger partial charge on any atom is 0.252 e. The second kappa shape index (κ2) is 9.50. The summed E-state index contributed by atoms with van der Waals surface area (Å²) in [6, 6.07) is 8.04. The summed E-state index contributed by atoms with van der Waals surface area (Å²) in [6.07, 6.45) is 1.27. The van der Waals surface area contributed by atoms with Crippen molar-refractivity contribution in [2.24, 2.45) is 4.99 Å². The molecule has 11 heteroatoms. The van der Waals surface area contributed by atoms with Gasteiger partial charge in [-0.15, -0.1) is 23.7 Å². The predicted octanol–water partition coefficient (Wildman–Crippen LogP) is 3.28. The van der Waals surface area contributed by atoms with Crippen molar-refractivity contribution >= 4 is 51.2 Å². The van der Waals surface area contributed by atoms with Crippen LogP contribution in [0.15, 0.2) is 44.9 Å². The number of thiophene rings is 1. The van der Waals surface area contributed by atoms with Gasteiger partial charge in [0.1, 0.15) is 15.9 Å². The number of nitrogens with zero attached hydrogens (tertiary/aromatic N) is 2. The van der Waals surface area contributed by atoms with Crippen LogP contribution in [0.4, 0.5) is 4.39 Å². The fraction of sp³-hybridized carbons (Fsp3) is 0.421. The number of aliphatic imine (C=N–C) groups is 1. The van der Waals surface area contributed by atoms with Gasteiger partial charge in [0.2, 0.25) is 0 Å². The summed E-state index contributed by atoms with van der Waals surface area (Å²) in [5.74, 6) is 0.389. The molecule has 2 aliphatic rings. The van der Waals surface area contributed by atoms with Gasteiger partial charge in [-0.25, -0.2) is 12.8 Å². The Morgan fingerprint density at radius 2 is 2.07 bits per heavy atom. The van der Waals surface area contributed by atoms with Gasteiger partial charge >= 0.3 is 0 Å². The lowest BCUT2D eigenvalue weighted by molar-refractivity contribution is 0.241. The molecule has 4 rings (SSSR count). The van der Waals surface area contributed by atoms with Gasteiger partial charge in [0.15, 0.2) is 0 Å². The first kappa shape index (κ1) is 23.4. The molecule has 0 amide bonds. The summed E-state index contributed by atoms with van der Waals surface area (Å²) in [4.78, 5) is 4.67. The molecule has 0 atom stereocenters. The Balaban J connectivity index is 0.00000256. The van der Waals surface area contributed by atoms with Gasteiger partial charge in [-0.3, -0.25) is 4.99 Å². The summed E-state index contributed by atoms with van der Waals surface area (Å²) in [7, 11) is -3.44. The topological polar surface area (TPSA) is 73.8 Å². The smallest absolute Gasteiger partial charge is 0.252 e. The highest BCUT2D eigenvalue weighted by Crippen LogP contribution is 2.30. The van der Waals surface area contributed by atoms with E-state index in [9.17, 15) is 12.8 Å². The number of hydrogen-bond donors (Lipinski definition) is 2. The van der Waals surface area contributed by atoms with Crippen molar-refractivity contribution in [1.82, 2.24) is 14.9 Å². The Hall–Kier alpha value is -1.23. The molecule has 1 aromatic heterocycles. The van der Waals surface area contributed by atoms with Crippen LogP contribution in [-0.4, -0.2) is 50.3 Å². The number of amidine groups is 1. The molecule has 0 aliphatic carbocycles. The predicted molar refractivity (Wildman–Crippen MR) is 121 cm³/mol. The van der Waals surface area contributed by atoms with Gasteiger partial charge in [0.05, 0.1) is 17.1 Å². The molecule has 2 N–H and O–H groups in total. The highest BCUT2D eigenvalue weighted by molar-refractivity contribution is 7.91. The van der Waals surface area contributed by atoms with Crippen LogP contribution in [0.25, 0.3) is 0 Å². The Kier molecular flexibility index (Phi) is 7.42. The lowest BCUT2D eigenvalue weighted by Gasteiger charge is -2.44. The fourth-order valence-electron chi connectivity index (χ4n) is 3.82. The van der Waals surface area contributed by atoms with Gasteiger partial charge in [-0.1, -0.05) is 23.7 Å². The Bertz CT molecular complexity index is 1010. The maximum atomic E-state index is 13.4. The molecule has 1 fully saturated rings. The molecule has 1 saturated heterocycles. The monoisotopic (exact) mass is 492 g/mol. The number of rotatable bonds is 4. The normalized spacial score (nSPS) is 19.2. The first-order valence-corrected chi connectivity index (χ1v) is 12.1. The fourth-order valence-corrected chi connectivity index (χ4v) is 6.61. The summed E-state index contributed by atoms with van der Waals surface area (Å²) in [5.41, 5.74) is 0.487. The van der Waals surface area contributed by atoms with E-state index in [4.69, 9.17) is 11.6 Å². The molecule has 30 heavy (non-hydrogen) atoms. The van der Waals surface area contributed by atoms with E-state index in [2.05, 4.69) is 15.6 Å². The third-order valence-corrected chi connectivity index (χ3v) is 8.97. The molecule has 1 spiro atoms. The van der Waals surface area contributed by atoms with Gasteiger partial charge in [0, 0.05) is 26.2 Å². The molecule has 164 valence electrons. The molecule has 0 saturated carbocycles. The third-order valence-electron chi connectivity index (χ3n) is 5.41. The molecule has 6 nitrogen and oxygen atoms in total. The largest absolute Gasteiger partial charge is 0.368 e. The van der Waals surface area contributed by atoms with Crippen molar-refractivity contribution in [3.63, 3.8) is 0 Å². The van der Waals surface area contributed by atoms with Crippen LogP contribution in [0.1, 0.15) is 18.4 Å². The van der Waals surface area contributed by atoms with Crippen LogP contribution in [0.5, 0.6) is 0 Å². The van der Waals surface area contributed by atoms with Gasteiger partial charge in [0.25, 0.3) is 10.0 Å². The number of benzene rings is 1. The van der Waals surface area contributed by atoms with E-state index >= 15 is 0 Å². The van der Waals surface area contributed by atoms with Crippen molar-refractivity contribution in [3.8, 4) is 0 Å². The zero-order valence-electron chi connectivity index (χ0n) is 16.1. The quantitative estimate of drug-likeness (QED) is 0.686. The van der Waals surface area contributed by atoms with E-state index in [-0.39, 0.29) is 23.0 Å². The standard InChI is InChI=1S/C19H22ClFN4O2S2.ClH/c20-15-12-14(3-4-16(15)21)13-23-18-19(24-8-7-22-18)5-9-25(10-6-19)29(26,27)17-2-1-11-28-17;/h1-4,11-12,24H,5-10,13H2,(H,22,23);1H. The third kappa shape index (κ3) is 4.66. The van der Waals surface area contributed by atoms with Crippen molar-refractivity contribution in [3.05, 3.63) is 52.1 Å². The van der Waals surface area contributed by atoms with E-state index in [1.807, 2.05) is 0 Å². The first-order chi connectivity index (χ1) is 13.9. The molecular weight excluding hydrogens is 470 g/mol. The van der Waals surface area contributed by atoms with Crippen molar-refractivity contribution in [2.45, 2.75) is 29.1 Å². The Morgan fingerprint density at radius 3 is 2.73 bits per heavy atom. The minimum absolute atomic E-state index is 0. The van der Waals surface area contributed by atoms with Gasteiger partial charge in [-0.05, 0) is 42.0 Å². The van der Waals surface area contributed by atoms with E-state index in [0.717, 1.165) is 17.9 Å². The lowest BCUT2D eigenvalue weighted by Crippen LogP contribution is -2.64. The first-order valence-electron chi connectivity index (χ1n) is 9.42. The average Bonchev–Trinajstić information content (AvgIpc) is 3.26. The highest BCUT2D eigenvalue weighted by atomic mass is 35.5. The van der Waals surface area contributed by atoms with Crippen LogP contribution in [0.2, 0.25) is 5.02 Å². The van der Waals surface area contributed by atoms with Gasteiger partial charge in [-0.2, -0.15) is 4.31 Å². The average molecular weight is 493 g/mol. The molecule has 2 aliphatic heterocycles. The lowest BCUT2D eigenvalue weighted by atomic mass is 9.85. The highest BCUT2D eigenvalue weighted by Gasteiger charge is 2.43.